The Labute approximate surface area is 181 Å². The number of aromatic amines is 2. The Kier molecular flexibility index (Phi) is 3.89. The van der Waals surface area contributed by atoms with Crippen molar-refractivity contribution in [1.82, 2.24) is 14.6 Å². The van der Waals surface area contributed by atoms with E-state index >= 15 is 0 Å². The van der Waals surface area contributed by atoms with Crippen molar-refractivity contribution in [3.8, 4) is 0 Å². The second kappa shape index (κ2) is 6.78. The molecule has 6 aromatic rings. The van der Waals surface area contributed by atoms with E-state index in [-0.39, 0.29) is 0 Å². The average Bonchev–Trinajstić information content (AvgIpc) is 3.16. The van der Waals surface area contributed by atoms with Crippen molar-refractivity contribution in [3.05, 3.63) is 105 Å². The number of rotatable bonds is 2. The maximum absolute atomic E-state index is 13.2. The summed E-state index contributed by atoms with van der Waals surface area (Å²) in [4.78, 5) is 31.9. The van der Waals surface area contributed by atoms with Gasteiger partial charge >= 0.3 is 11.2 Å². The standard InChI is InChI=1S/C26H18N4O2/c1-15-10-11-22-20(12-15)23-24(28-22)25(31)30(26(32)29-23)27-14-21-18-8-4-2-6-16(18)13-17-7-3-5-9-19(17)21/h2-14,28H,1H3,(H,29,32)/b27-14+. The summed E-state index contributed by atoms with van der Waals surface area (Å²) in [5.74, 6) is 0. The molecule has 0 aliphatic carbocycles. The molecule has 6 heteroatoms. The van der Waals surface area contributed by atoms with Crippen LogP contribution in [0.5, 0.6) is 0 Å². The zero-order valence-electron chi connectivity index (χ0n) is 17.2. The van der Waals surface area contributed by atoms with Crippen LogP contribution >= 0.6 is 0 Å². The Balaban J connectivity index is 1.61. The second-order valence-corrected chi connectivity index (χ2v) is 7.95. The fourth-order valence-electron chi connectivity index (χ4n) is 4.36. The van der Waals surface area contributed by atoms with E-state index in [9.17, 15) is 9.59 Å². The number of aromatic nitrogens is 3. The molecule has 0 atom stereocenters. The van der Waals surface area contributed by atoms with E-state index in [1.807, 2.05) is 73.7 Å². The number of hydrogen-bond acceptors (Lipinski definition) is 3. The van der Waals surface area contributed by atoms with Crippen LogP contribution in [0.1, 0.15) is 11.1 Å². The zero-order chi connectivity index (χ0) is 21.8. The third-order valence-corrected chi connectivity index (χ3v) is 5.90. The molecule has 32 heavy (non-hydrogen) atoms. The highest BCUT2D eigenvalue weighted by atomic mass is 16.2. The van der Waals surface area contributed by atoms with Crippen molar-refractivity contribution in [3.63, 3.8) is 0 Å². The first kappa shape index (κ1) is 18.3. The maximum atomic E-state index is 13.2. The van der Waals surface area contributed by atoms with Crippen molar-refractivity contribution in [2.75, 3.05) is 0 Å². The first-order chi connectivity index (χ1) is 15.6. The fourth-order valence-corrected chi connectivity index (χ4v) is 4.36. The molecular formula is C26H18N4O2. The van der Waals surface area contributed by atoms with Gasteiger partial charge in [0, 0.05) is 16.5 Å². The highest BCUT2D eigenvalue weighted by Gasteiger charge is 2.13. The molecule has 2 N–H and O–H groups in total. The molecule has 6 nitrogen and oxygen atoms in total. The van der Waals surface area contributed by atoms with E-state index in [0.29, 0.717) is 11.0 Å². The molecular weight excluding hydrogens is 400 g/mol. The lowest BCUT2D eigenvalue weighted by atomic mass is 9.97. The number of aryl methyl sites for hydroxylation is 1. The Bertz CT molecular complexity index is 1780. The smallest absolute Gasteiger partial charge is 0.349 e. The molecule has 0 aliphatic rings. The summed E-state index contributed by atoms with van der Waals surface area (Å²) in [6.07, 6.45) is 1.60. The lowest BCUT2D eigenvalue weighted by Crippen LogP contribution is -2.32. The van der Waals surface area contributed by atoms with Crippen LogP contribution < -0.4 is 11.2 Å². The van der Waals surface area contributed by atoms with Gasteiger partial charge in [0.15, 0.2) is 0 Å². The minimum absolute atomic E-state index is 0.324. The minimum Gasteiger partial charge on any atom is -0.349 e. The van der Waals surface area contributed by atoms with Gasteiger partial charge in [-0.1, -0.05) is 60.2 Å². The summed E-state index contributed by atoms with van der Waals surface area (Å²) in [6.45, 7) is 1.97. The molecule has 0 radical (unpaired) electrons. The van der Waals surface area contributed by atoms with E-state index in [0.717, 1.165) is 48.3 Å². The summed E-state index contributed by atoms with van der Waals surface area (Å²) < 4.78 is 0.876. The van der Waals surface area contributed by atoms with Gasteiger partial charge in [-0.15, -0.1) is 4.68 Å². The van der Waals surface area contributed by atoms with Crippen LogP contribution in [-0.2, 0) is 0 Å². The molecule has 0 saturated heterocycles. The van der Waals surface area contributed by atoms with Crippen LogP contribution in [0.25, 0.3) is 43.5 Å². The van der Waals surface area contributed by atoms with Crippen LogP contribution in [-0.4, -0.2) is 20.9 Å². The Morgan fingerprint density at radius 1 is 0.781 bits per heavy atom. The molecule has 0 amide bonds. The van der Waals surface area contributed by atoms with Gasteiger partial charge < -0.3 is 9.97 Å². The van der Waals surface area contributed by atoms with Crippen molar-refractivity contribution >= 4 is 49.7 Å². The number of H-pyrrole nitrogens is 2. The Hall–Kier alpha value is -4.45. The number of hydrogen-bond donors (Lipinski definition) is 2. The maximum Gasteiger partial charge on any atom is 0.350 e. The monoisotopic (exact) mass is 418 g/mol. The third kappa shape index (κ3) is 2.70. The van der Waals surface area contributed by atoms with Crippen LogP contribution in [0.3, 0.4) is 0 Å². The molecule has 0 unspecified atom stereocenters. The summed E-state index contributed by atoms with van der Waals surface area (Å²) in [5.41, 5.74) is 2.46. The van der Waals surface area contributed by atoms with Crippen LogP contribution in [0.4, 0.5) is 0 Å². The van der Waals surface area contributed by atoms with Crippen molar-refractivity contribution in [2.45, 2.75) is 6.92 Å². The molecule has 154 valence electrons. The molecule has 0 fully saturated rings. The molecule has 0 bridgehead atoms. The van der Waals surface area contributed by atoms with E-state index in [4.69, 9.17) is 0 Å². The first-order valence-electron chi connectivity index (χ1n) is 10.3. The van der Waals surface area contributed by atoms with Gasteiger partial charge in [0.25, 0.3) is 0 Å². The molecule has 0 saturated carbocycles. The molecule has 2 heterocycles. The summed E-state index contributed by atoms with van der Waals surface area (Å²) in [5, 5.41) is 9.27. The molecule has 0 aliphatic heterocycles. The number of nitrogens with zero attached hydrogens (tertiary/aromatic N) is 2. The summed E-state index contributed by atoms with van der Waals surface area (Å²) >= 11 is 0. The highest BCUT2D eigenvalue weighted by Crippen LogP contribution is 2.27. The van der Waals surface area contributed by atoms with Crippen molar-refractivity contribution in [1.29, 1.82) is 0 Å². The summed E-state index contributed by atoms with van der Waals surface area (Å²) in [6, 6.07) is 23.9. The van der Waals surface area contributed by atoms with E-state index < -0.39 is 11.2 Å². The van der Waals surface area contributed by atoms with Crippen LogP contribution in [0, 0.1) is 6.92 Å². The average molecular weight is 418 g/mol. The van der Waals surface area contributed by atoms with E-state index in [2.05, 4.69) is 21.1 Å². The van der Waals surface area contributed by atoms with Crippen LogP contribution in [0.15, 0.2) is 87.5 Å². The lowest BCUT2D eigenvalue weighted by molar-refractivity contribution is 0.770. The van der Waals surface area contributed by atoms with Crippen molar-refractivity contribution < 1.29 is 0 Å². The molecule has 2 aromatic heterocycles. The van der Waals surface area contributed by atoms with Gasteiger partial charge in [-0.3, -0.25) is 4.79 Å². The topological polar surface area (TPSA) is 83.0 Å². The normalized spacial score (nSPS) is 12.0. The van der Waals surface area contributed by atoms with Gasteiger partial charge in [-0.05, 0) is 46.7 Å². The Morgan fingerprint density at radius 2 is 1.47 bits per heavy atom. The van der Waals surface area contributed by atoms with E-state index in [1.54, 1.807) is 6.21 Å². The third-order valence-electron chi connectivity index (χ3n) is 5.90. The lowest BCUT2D eigenvalue weighted by Gasteiger charge is -2.08. The predicted molar refractivity (Wildman–Crippen MR) is 130 cm³/mol. The first-order valence-corrected chi connectivity index (χ1v) is 10.3. The molecule has 4 aromatic carbocycles. The number of nitrogens with one attached hydrogen (secondary N) is 2. The van der Waals surface area contributed by atoms with E-state index in [1.165, 1.54) is 0 Å². The quantitative estimate of drug-likeness (QED) is 0.316. The van der Waals surface area contributed by atoms with Gasteiger partial charge in [0.2, 0.25) is 0 Å². The second-order valence-electron chi connectivity index (χ2n) is 7.95. The van der Waals surface area contributed by atoms with Gasteiger partial charge in [0.05, 0.1) is 11.7 Å². The Morgan fingerprint density at radius 3 is 2.19 bits per heavy atom. The van der Waals surface area contributed by atoms with Gasteiger partial charge in [-0.2, -0.15) is 5.10 Å². The molecule has 6 rings (SSSR count). The predicted octanol–water partition coefficient (Wildman–Crippen LogP) is 4.67. The zero-order valence-corrected chi connectivity index (χ0v) is 17.2. The van der Waals surface area contributed by atoms with Crippen molar-refractivity contribution in [2.24, 2.45) is 5.10 Å². The number of benzene rings is 4. The number of fused-ring (bicyclic) bond motifs is 5. The van der Waals surface area contributed by atoms with Gasteiger partial charge in [0.1, 0.15) is 5.52 Å². The SMILES string of the molecule is Cc1ccc2[nH]c3c(=O)n(/N=C/c4c5ccccc5cc5ccccc45)c(=O)[nH]c3c2c1. The molecule has 0 spiro atoms. The van der Waals surface area contributed by atoms with Gasteiger partial charge in [-0.25, -0.2) is 4.79 Å². The largest absolute Gasteiger partial charge is 0.350 e. The van der Waals surface area contributed by atoms with Crippen LogP contribution in [0.2, 0.25) is 0 Å². The summed E-state index contributed by atoms with van der Waals surface area (Å²) in [7, 11) is 0. The highest BCUT2D eigenvalue weighted by molar-refractivity contribution is 6.13. The fraction of sp³-hybridized carbons (Fsp3) is 0.0385. The minimum atomic E-state index is -0.578.